The smallest absolute Gasteiger partial charge is 0.0876 e. The van der Waals surface area contributed by atoms with E-state index in [0.29, 0.717) is 12.1 Å². The fourth-order valence-electron chi connectivity index (χ4n) is 1.04. The molecular formula is C11H14N2. The van der Waals surface area contributed by atoms with E-state index in [1.165, 1.54) is 5.57 Å². The largest absolute Gasteiger partial charge is 0.310 e. The molecule has 0 unspecified atom stereocenters. The zero-order chi connectivity index (χ0) is 9.68. The van der Waals surface area contributed by atoms with E-state index in [2.05, 4.69) is 17.6 Å². The average molecular weight is 174 g/mol. The Labute approximate surface area is 78.9 Å². The first-order valence-electron chi connectivity index (χ1n) is 4.45. The van der Waals surface area contributed by atoms with Crippen LogP contribution in [0.15, 0.2) is 34.1 Å². The van der Waals surface area contributed by atoms with Crippen molar-refractivity contribution in [1.82, 2.24) is 0 Å². The van der Waals surface area contributed by atoms with Gasteiger partial charge in [0.05, 0.1) is 5.70 Å². The second-order valence-electron chi connectivity index (χ2n) is 3.07. The molecule has 0 spiro atoms. The highest BCUT2D eigenvalue weighted by Gasteiger charge is 1.97. The first-order valence-corrected chi connectivity index (χ1v) is 4.45. The molecule has 0 atom stereocenters. The summed E-state index contributed by atoms with van der Waals surface area (Å²) < 4.78 is 0. The summed E-state index contributed by atoms with van der Waals surface area (Å²) in [5.41, 5.74) is 5.71. The van der Waals surface area contributed by atoms with Gasteiger partial charge in [0.25, 0.3) is 0 Å². The minimum absolute atomic E-state index is 0.595. The average Bonchev–Trinajstić information content (AvgIpc) is 2.29. The van der Waals surface area contributed by atoms with Gasteiger partial charge >= 0.3 is 0 Å². The lowest BCUT2D eigenvalue weighted by Crippen LogP contribution is -1.90. The highest BCUT2D eigenvalue weighted by Crippen LogP contribution is 2.07. The highest BCUT2D eigenvalue weighted by atomic mass is 14.7. The van der Waals surface area contributed by atoms with E-state index >= 15 is 0 Å². The maximum absolute atomic E-state index is 7.33. The van der Waals surface area contributed by atoms with Crippen LogP contribution in [0.4, 0.5) is 0 Å². The van der Waals surface area contributed by atoms with Gasteiger partial charge in [-0.05, 0) is 31.1 Å². The Kier molecular flexibility index (Phi) is 3.41. The molecule has 0 radical (unpaired) electrons. The summed E-state index contributed by atoms with van der Waals surface area (Å²) in [6.45, 7) is 3.88. The summed E-state index contributed by atoms with van der Waals surface area (Å²) in [6.07, 6.45) is 7.32. The van der Waals surface area contributed by atoms with Crippen molar-refractivity contribution in [1.29, 1.82) is 5.41 Å². The molecule has 0 aromatic heterocycles. The van der Waals surface area contributed by atoms with Crippen molar-refractivity contribution in [2.24, 2.45) is 4.99 Å². The molecule has 1 aliphatic rings. The van der Waals surface area contributed by atoms with E-state index < -0.39 is 0 Å². The number of nitrogens with one attached hydrogen (secondary N) is 1. The minimum atomic E-state index is 0.595. The number of rotatable bonds is 3. The molecule has 1 aliphatic heterocycles. The van der Waals surface area contributed by atoms with Crippen LogP contribution in [0.2, 0.25) is 0 Å². The van der Waals surface area contributed by atoms with Crippen molar-refractivity contribution in [3.05, 3.63) is 29.2 Å². The summed E-state index contributed by atoms with van der Waals surface area (Å²) in [5.74, 6) is 0. The Morgan fingerprint density at radius 1 is 1.62 bits per heavy atom. The Morgan fingerprint density at radius 2 is 2.38 bits per heavy atom. The molecule has 1 heterocycles. The van der Waals surface area contributed by atoms with Crippen LogP contribution in [0, 0.1) is 5.41 Å². The second-order valence-corrected chi connectivity index (χ2v) is 3.07. The van der Waals surface area contributed by atoms with Crippen LogP contribution in [0.3, 0.4) is 0 Å². The van der Waals surface area contributed by atoms with Gasteiger partial charge in [-0.2, -0.15) is 0 Å². The molecular weight excluding hydrogens is 160 g/mol. The summed E-state index contributed by atoms with van der Waals surface area (Å²) >= 11 is 0. The normalized spacial score (nSPS) is 14.9. The molecule has 2 nitrogen and oxygen atoms in total. The van der Waals surface area contributed by atoms with Gasteiger partial charge < -0.3 is 5.41 Å². The van der Waals surface area contributed by atoms with Crippen molar-refractivity contribution < 1.29 is 0 Å². The molecule has 0 aromatic carbocycles. The molecule has 0 aromatic rings. The van der Waals surface area contributed by atoms with Gasteiger partial charge in [0.15, 0.2) is 0 Å². The third kappa shape index (κ3) is 3.22. The lowest BCUT2D eigenvalue weighted by Gasteiger charge is -1.95. The minimum Gasteiger partial charge on any atom is -0.310 e. The number of nitrogens with zero attached hydrogens (tertiary/aromatic N) is 1. The standard InChI is InChI=1S/C11H14N2/c1-3-10-5-4-6-11(13-8-10)7-9(2)12/h4-5,8,12H,3,7H2,1-2H3. The zero-order valence-corrected chi connectivity index (χ0v) is 8.09. The molecule has 2 heteroatoms. The Bertz CT molecular complexity index is 326. The van der Waals surface area contributed by atoms with Crippen molar-refractivity contribution in [3.8, 4) is 0 Å². The molecule has 0 bridgehead atoms. The van der Waals surface area contributed by atoms with E-state index in [4.69, 9.17) is 5.41 Å². The molecule has 1 rings (SSSR count). The molecule has 1 N–H and O–H groups in total. The van der Waals surface area contributed by atoms with Gasteiger partial charge in [0.1, 0.15) is 0 Å². The summed E-state index contributed by atoms with van der Waals surface area (Å²) in [5, 5.41) is 7.33. The van der Waals surface area contributed by atoms with Gasteiger partial charge in [0, 0.05) is 18.3 Å². The Hall–Kier alpha value is -1.40. The monoisotopic (exact) mass is 174 g/mol. The third-order valence-electron chi connectivity index (χ3n) is 1.77. The molecule has 0 saturated carbocycles. The van der Waals surface area contributed by atoms with Crippen LogP contribution in [0.5, 0.6) is 0 Å². The first-order chi connectivity index (χ1) is 6.22. The number of hydrogen-bond donors (Lipinski definition) is 1. The zero-order valence-electron chi connectivity index (χ0n) is 8.09. The topological polar surface area (TPSA) is 36.2 Å². The molecule has 0 amide bonds. The summed E-state index contributed by atoms with van der Waals surface area (Å²) in [4.78, 5) is 4.26. The number of aliphatic imine (C=N–C) groups is 1. The van der Waals surface area contributed by atoms with Crippen molar-refractivity contribution in [3.63, 3.8) is 0 Å². The second kappa shape index (κ2) is 4.58. The van der Waals surface area contributed by atoms with Gasteiger partial charge in [-0.3, -0.25) is 4.99 Å². The van der Waals surface area contributed by atoms with Crippen LogP contribution < -0.4 is 0 Å². The lowest BCUT2D eigenvalue weighted by atomic mass is 10.2. The van der Waals surface area contributed by atoms with Crippen molar-refractivity contribution >= 4 is 11.9 Å². The molecule has 13 heavy (non-hydrogen) atoms. The lowest BCUT2D eigenvalue weighted by molar-refractivity contribution is 1.16. The van der Waals surface area contributed by atoms with E-state index in [0.717, 1.165) is 12.1 Å². The predicted octanol–water partition coefficient (Wildman–Crippen LogP) is 2.88. The summed E-state index contributed by atoms with van der Waals surface area (Å²) in [6, 6.07) is 0. The summed E-state index contributed by atoms with van der Waals surface area (Å²) in [7, 11) is 0. The van der Waals surface area contributed by atoms with Crippen LogP contribution in [-0.2, 0) is 0 Å². The fourth-order valence-corrected chi connectivity index (χ4v) is 1.04. The van der Waals surface area contributed by atoms with Crippen molar-refractivity contribution in [2.75, 3.05) is 0 Å². The van der Waals surface area contributed by atoms with Gasteiger partial charge in [-0.1, -0.05) is 12.7 Å². The van der Waals surface area contributed by atoms with Crippen LogP contribution in [-0.4, -0.2) is 11.9 Å². The number of hydrogen-bond acceptors (Lipinski definition) is 2. The van der Waals surface area contributed by atoms with Gasteiger partial charge in [0.2, 0.25) is 0 Å². The van der Waals surface area contributed by atoms with Crippen molar-refractivity contribution in [2.45, 2.75) is 26.7 Å². The Morgan fingerprint density at radius 3 is 3.00 bits per heavy atom. The number of allylic oxidation sites excluding steroid dienone is 3. The predicted molar refractivity (Wildman–Crippen MR) is 56.5 cm³/mol. The van der Waals surface area contributed by atoms with E-state index in [-0.39, 0.29) is 0 Å². The van der Waals surface area contributed by atoms with E-state index in [1.54, 1.807) is 6.92 Å². The molecule has 0 saturated heterocycles. The SMILES string of the molecule is CCC1=CC=C=C(CC(C)=N)N=C1. The maximum Gasteiger partial charge on any atom is 0.0876 e. The quantitative estimate of drug-likeness (QED) is 0.504. The molecule has 68 valence electrons. The maximum atomic E-state index is 7.33. The molecule has 0 fully saturated rings. The third-order valence-corrected chi connectivity index (χ3v) is 1.77. The Balaban J connectivity index is 2.74. The molecule has 0 aliphatic carbocycles. The van der Waals surface area contributed by atoms with Gasteiger partial charge in [-0.15, -0.1) is 0 Å². The van der Waals surface area contributed by atoms with Crippen LogP contribution in [0.25, 0.3) is 0 Å². The first kappa shape index (κ1) is 9.69. The van der Waals surface area contributed by atoms with E-state index in [1.807, 2.05) is 18.4 Å². The van der Waals surface area contributed by atoms with Gasteiger partial charge in [-0.25, -0.2) is 0 Å². The fraction of sp³-hybridized carbons (Fsp3) is 0.364. The van der Waals surface area contributed by atoms with E-state index in [9.17, 15) is 0 Å². The highest BCUT2D eigenvalue weighted by molar-refractivity contribution is 5.84. The van der Waals surface area contributed by atoms with Crippen LogP contribution in [0.1, 0.15) is 26.7 Å². The van der Waals surface area contributed by atoms with Crippen LogP contribution >= 0.6 is 0 Å².